The van der Waals surface area contributed by atoms with E-state index in [0.717, 1.165) is 5.69 Å². The van der Waals surface area contributed by atoms with E-state index in [-0.39, 0.29) is 11.4 Å². The van der Waals surface area contributed by atoms with E-state index >= 15 is 0 Å². The summed E-state index contributed by atoms with van der Waals surface area (Å²) in [4.78, 5) is 8.60. The van der Waals surface area contributed by atoms with Crippen molar-refractivity contribution in [1.82, 2.24) is 21.2 Å². The molecule has 1 rings (SSSR count). The number of nitriles is 1. The summed E-state index contributed by atoms with van der Waals surface area (Å²) in [7, 11) is 1.60. The standard InChI is InChI=1S/C19H31N7O/c1-13(2)12-24-26-17(21)15(11-20)18(22-5)23-10-9-14-7-6-8-16(25-14)19(3,4)27/h6-8,13,24,26-27H,9-10,12,21H2,1-5H3,(H,22,23)/b17-15-. The number of aliphatic imine (C=N–C) groups is 1. The van der Waals surface area contributed by atoms with Gasteiger partial charge in [0, 0.05) is 32.3 Å². The van der Waals surface area contributed by atoms with Gasteiger partial charge in [-0.15, -0.1) is 0 Å². The van der Waals surface area contributed by atoms with Crippen LogP contribution in [0.1, 0.15) is 39.1 Å². The number of hydrazine groups is 1. The van der Waals surface area contributed by atoms with Crippen molar-refractivity contribution in [1.29, 1.82) is 5.26 Å². The second-order valence-corrected chi connectivity index (χ2v) is 7.12. The lowest BCUT2D eigenvalue weighted by atomic mass is 10.0. The number of aromatic nitrogens is 1. The van der Waals surface area contributed by atoms with Crippen LogP contribution in [0, 0.1) is 17.2 Å². The van der Waals surface area contributed by atoms with Crippen molar-refractivity contribution < 1.29 is 5.11 Å². The van der Waals surface area contributed by atoms with E-state index in [0.29, 0.717) is 37.0 Å². The fourth-order valence-corrected chi connectivity index (χ4v) is 2.20. The lowest BCUT2D eigenvalue weighted by Gasteiger charge is -2.17. The Hall–Kier alpha value is -2.63. The van der Waals surface area contributed by atoms with Gasteiger partial charge >= 0.3 is 0 Å². The second-order valence-electron chi connectivity index (χ2n) is 7.12. The van der Waals surface area contributed by atoms with Crippen molar-refractivity contribution in [2.75, 3.05) is 20.1 Å². The summed E-state index contributed by atoms with van der Waals surface area (Å²) in [5.74, 6) is 1.07. The van der Waals surface area contributed by atoms with Gasteiger partial charge in [-0.2, -0.15) is 5.26 Å². The van der Waals surface area contributed by atoms with Crippen molar-refractivity contribution in [3.8, 4) is 6.07 Å². The zero-order valence-electron chi connectivity index (χ0n) is 16.8. The van der Waals surface area contributed by atoms with E-state index in [4.69, 9.17) is 5.73 Å². The SMILES string of the molecule is C/N=C(NCCc1cccc(C(C)(C)O)n1)\C(C#N)=C(\N)NNCC(C)C. The average molecular weight is 374 g/mol. The quantitative estimate of drug-likeness (QED) is 0.188. The number of nitrogens with one attached hydrogen (secondary N) is 3. The summed E-state index contributed by atoms with van der Waals surface area (Å²) < 4.78 is 0. The van der Waals surface area contributed by atoms with Crippen molar-refractivity contribution >= 4 is 5.84 Å². The molecule has 1 heterocycles. The van der Waals surface area contributed by atoms with Gasteiger partial charge in [-0.25, -0.2) is 5.43 Å². The van der Waals surface area contributed by atoms with Gasteiger partial charge in [0.25, 0.3) is 0 Å². The number of nitrogens with two attached hydrogens (primary N) is 1. The first kappa shape index (κ1) is 22.4. The van der Waals surface area contributed by atoms with Crippen LogP contribution in [0.25, 0.3) is 0 Å². The zero-order valence-corrected chi connectivity index (χ0v) is 16.8. The third-order valence-corrected chi connectivity index (χ3v) is 3.68. The van der Waals surface area contributed by atoms with Crippen molar-refractivity contribution in [3.05, 3.63) is 41.0 Å². The Morgan fingerprint density at radius 1 is 1.41 bits per heavy atom. The smallest absolute Gasteiger partial charge is 0.142 e. The topological polar surface area (TPSA) is 131 Å². The molecule has 0 bridgehead atoms. The van der Waals surface area contributed by atoms with Gasteiger partial charge in [0.2, 0.25) is 0 Å². The fourth-order valence-electron chi connectivity index (χ4n) is 2.20. The van der Waals surface area contributed by atoms with Gasteiger partial charge in [0.05, 0.1) is 5.69 Å². The molecule has 0 amide bonds. The summed E-state index contributed by atoms with van der Waals surface area (Å²) in [5, 5.41) is 22.6. The minimum atomic E-state index is -0.987. The Morgan fingerprint density at radius 3 is 2.67 bits per heavy atom. The molecule has 1 aromatic rings. The summed E-state index contributed by atoms with van der Waals surface area (Å²) in [5.41, 5.74) is 12.5. The summed E-state index contributed by atoms with van der Waals surface area (Å²) in [6.45, 7) is 8.78. The first-order chi connectivity index (χ1) is 12.7. The Kier molecular flexibility index (Phi) is 8.72. The third-order valence-electron chi connectivity index (χ3n) is 3.68. The minimum absolute atomic E-state index is 0.216. The van der Waals surface area contributed by atoms with E-state index in [9.17, 15) is 10.4 Å². The lowest BCUT2D eigenvalue weighted by Crippen LogP contribution is -2.40. The monoisotopic (exact) mass is 373 g/mol. The van der Waals surface area contributed by atoms with Crippen LogP contribution in [0.2, 0.25) is 0 Å². The summed E-state index contributed by atoms with van der Waals surface area (Å²) in [6, 6.07) is 7.64. The molecular formula is C19H31N7O. The van der Waals surface area contributed by atoms with Crippen molar-refractivity contribution in [2.24, 2.45) is 16.6 Å². The van der Waals surface area contributed by atoms with Gasteiger partial charge < -0.3 is 21.6 Å². The lowest BCUT2D eigenvalue weighted by molar-refractivity contribution is 0.0736. The Balaban J connectivity index is 2.72. The normalized spacial score (nSPS) is 13.2. The molecule has 0 spiro atoms. The summed E-state index contributed by atoms with van der Waals surface area (Å²) >= 11 is 0. The predicted octanol–water partition coefficient (Wildman–Crippen LogP) is 0.913. The summed E-state index contributed by atoms with van der Waals surface area (Å²) in [6.07, 6.45) is 0.612. The molecule has 0 aliphatic heterocycles. The largest absolute Gasteiger partial charge is 0.384 e. The molecule has 0 atom stereocenters. The maximum atomic E-state index is 10.1. The highest BCUT2D eigenvalue weighted by Gasteiger charge is 2.17. The molecule has 0 unspecified atom stereocenters. The molecule has 148 valence electrons. The Labute approximate surface area is 161 Å². The zero-order chi connectivity index (χ0) is 20.4. The maximum Gasteiger partial charge on any atom is 0.142 e. The van der Waals surface area contributed by atoms with Crippen LogP contribution < -0.4 is 21.9 Å². The van der Waals surface area contributed by atoms with Crippen LogP contribution >= 0.6 is 0 Å². The number of pyridine rings is 1. The number of hydrogen-bond acceptors (Lipinski definition) is 7. The van der Waals surface area contributed by atoms with Crippen molar-refractivity contribution in [2.45, 2.75) is 39.7 Å². The van der Waals surface area contributed by atoms with E-state index in [1.807, 2.05) is 12.1 Å². The molecule has 0 radical (unpaired) electrons. The molecule has 8 heteroatoms. The average Bonchev–Trinajstić information content (AvgIpc) is 2.60. The van der Waals surface area contributed by atoms with E-state index in [1.54, 1.807) is 27.0 Å². The first-order valence-electron chi connectivity index (χ1n) is 8.97. The minimum Gasteiger partial charge on any atom is -0.384 e. The fraction of sp³-hybridized carbons (Fsp3) is 0.526. The van der Waals surface area contributed by atoms with Gasteiger partial charge in [0.15, 0.2) is 0 Å². The van der Waals surface area contributed by atoms with Gasteiger partial charge in [0.1, 0.15) is 28.9 Å². The van der Waals surface area contributed by atoms with Crippen LogP contribution in [-0.2, 0) is 12.0 Å². The molecule has 0 saturated carbocycles. The number of nitrogens with zero attached hydrogens (tertiary/aromatic N) is 3. The van der Waals surface area contributed by atoms with Gasteiger partial charge in [-0.3, -0.25) is 9.98 Å². The van der Waals surface area contributed by atoms with E-state index in [1.165, 1.54) is 0 Å². The maximum absolute atomic E-state index is 10.1. The van der Waals surface area contributed by atoms with Crippen LogP contribution in [0.15, 0.2) is 34.6 Å². The highest BCUT2D eigenvalue weighted by molar-refractivity contribution is 6.02. The molecule has 0 aliphatic carbocycles. The van der Waals surface area contributed by atoms with Crippen molar-refractivity contribution in [3.63, 3.8) is 0 Å². The highest BCUT2D eigenvalue weighted by atomic mass is 16.3. The molecule has 0 aliphatic rings. The predicted molar refractivity (Wildman–Crippen MR) is 107 cm³/mol. The molecule has 6 N–H and O–H groups in total. The van der Waals surface area contributed by atoms with Crippen LogP contribution in [0.5, 0.6) is 0 Å². The van der Waals surface area contributed by atoms with E-state index in [2.05, 4.69) is 46.1 Å². The third kappa shape index (κ3) is 7.64. The van der Waals surface area contributed by atoms with E-state index < -0.39 is 5.60 Å². The number of hydrogen-bond donors (Lipinski definition) is 5. The number of aliphatic hydroxyl groups is 1. The molecule has 0 saturated heterocycles. The number of rotatable bonds is 9. The Morgan fingerprint density at radius 2 is 2.11 bits per heavy atom. The van der Waals surface area contributed by atoms with Gasteiger partial charge in [-0.05, 0) is 31.9 Å². The highest BCUT2D eigenvalue weighted by Crippen LogP contribution is 2.17. The Bertz CT molecular complexity index is 712. The van der Waals surface area contributed by atoms with Crippen LogP contribution in [0.4, 0.5) is 0 Å². The molecular weight excluding hydrogens is 342 g/mol. The van der Waals surface area contributed by atoms with Crippen LogP contribution in [-0.4, -0.2) is 36.1 Å². The molecule has 27 heavy (non-hydrogen) atoms. The molecule has 1 aromatic heterocycles. The molecule has 8 nitrogen and oxygen atoms in total. The molecule has 0 aromatic carbocycles. The second kappa shape index (κ2) is 10.5. The van der Waals surface area contributed by atoms with Gasteiger partial charge in [-0.1, -0.05) is 19.9 Å². The van der Waals surface area contributed by atoms with Crippen LogP contribution in [0.3, 0.4) is 0 Å². The first-order valence-corrected chi connectivity index (χ1v) is 8.97. The number of amidine groups is 1. The molecule has 0 fully saturated rings.